The Labute approximate surface area is 109 Å². The molecule has 0 saturated carbocycles. The van der Waals surface area contributed by atoms with Crippen molar-refractivity contribution in [2.75, 3.05) is 12.3 Å². The maximum absolute atomic E-state index is 13.2. The number of carbonyl (C=O) groups is 1. The molecule has 0 unspecified atom stereocenters. The van der Waals surface area contributed by atoms with Gasteiger partial charge in [-0.1, -0.05) is 0 Å². The van der Waals surface area contributed by atoms with Crippen molar-refractivity contribution in [1.82, 2.24) is 5.32 Å². The van der Waals surface area contributed by atoms with E-state index < -0.39 is 62.9 Å². The Morgan fingerprint density at radius 2 is 1.35 bits per heavy atom. The Morgan fingerprint density at radius 3 is 1.75 bits per heavy atom. The van der Waals surface area contributed by atoms with E-state index in [1.165, 1.54) is 0 Å². The Hall–Kier alpha value is -1.75. The second-order valence-electron chi connectivity index (χ2n) is 3.57. The molecule has 0 aromatic heterocycles. The predicted molar refractivity (Wildman–Crippen MR) is 56.5 cm³/mol. The molecule has 0 aliphatic rings. The molecule has 5 nitrogen and oxygen atoms in total. The van der Waals surface area contributed by atoms with Crippen LogP contribution in [0.5, 0.6) is 0 Å². The van der Waals surface area contributed by atoms with Gasteiger partial charge in [0.1, 0.15) is 5.56 Å². The van der Waals surface area contributed by atoms with Crippen LogP contribution in [0.1, 0.15) is 10.4 Å². The summed E-state index contributed by atoms with van der Waals surface area (Å²) in [4.78, 5) is 11.3. The largest absolute Gasteiger partial charge is 0.351 e. The summed E-state index contributed by atoms with van der Waals surface area (Å²) in [7, 11) is -3.96. The molecule has 0 heterocycles. The lowest BCUT2D eigenvalue weighted by atomic mass is 10.1. The number of hydrogen-bond donors (Lipinski definition) is 2. The van der Waals surface area contributed by atoms with Crippen molar-refractivity contribution < 1.29 is 35.2 Å². The van der Waals surface area contributed by atoms with Crippen LogP contribution >= 0.6 is 0 Å². The maximum Gasteiger partial charge on any atom is 0.257 e. The number of sulfonamides is 1. The molecular weight excluding hydrogens is 311 g/mol. The minimum atomic E-state index is -3.96. The fourth-order valence-electron chi connectivity index (χ4n) is 1.20. The van der Waals surface area contributed by atoms with E-state index in [-0.39, 0.29) is 0 Å². The van der Waals surface area contributed by atoms with Crippen LogP contribution in [0.3, 0.4) is 0 Å². The van der Waals surface area contributed by atoms with Crippen LogP contribution in [0, 0.1) is 29.1 Å². The third kappa shape index (κ3) is 3.42. The normalized spacial score (nSPS) is 11.5. The van der Waals surface area contributed by atoms with Gasteiger partial charge in [0.25, 0.3) is 5.91 Å². The van der Waals surface area contributed by atoms with Gasteiger partial charge in [-0.3, -0.25) is 4.79 Å². The van der Waals surface area contributed by atoms with Crippen molar-refractivity contribution >= 4 is 15.9 Å². The summed E-state index contributed by atoms with van der Waals surface area (Å²) in [6.07, 6.45) is 0. The predicted octanol–water partition coefficient (Wildman–Crippen LogP) is 0.400. The molecule has 0 radical (unpaired) electrons. The molecule has 0 aliphatic heterocycles. The third-order valence-corrected chi connectivity index (χ3v) is 2.88. The summed E-state index contributed by atoms with van der Waals surface area (Å²) in [6.45, 7) is -0.656. The number of benzene rings is 1. The van der Waals surface area contributed by atoms with Crippen LogP contribution in [0.15, 0.2) is 0 Å². The molecule has 112 valence electrons. The van der Waals surface area contributed by atoms with Crippen molar-refractivity contribution in [1.29, 1.82) is 0 Å². The van der Waals surface area contributed by atoms with Gasteiger partial charge in [-0.15, -0.1) is 0 Å². The first-order valence-corrected chi connectivity index (χ1v) is 6.58. The van der Waals surface area contributed by atoms with Crippen molar-refractivity contribution in [2.45, 2.75) is 0 Å². The van der Waals surface area contributed by atoms with E-state index in [9.17, 15) is 35.2 Å². The summed E-state index contributed by atoms with van der Waals surface area (Å²) in [6, 6.07) is 0. The molecule has 0 saturated heterocycles. The quantitative estimate of drug-likeness (QED) is 0.478. The van der Waals surface area contributed by atoms with Gasteiger partial charge < -0.3 is 5.32 Å². The summed E-state index contributed by atoms with van der Waals surface area (Å²) in [5, 5.41) is 6.27. The van der Waals surface area contributed by atoms with Crippen LogP contribution in [0.2, 0.25) is 0 Å². The molecule has 11 heteroatoms. The zero-order valence-corrected chi connectivity index (χ0v) is 10.3. The van der Waals surface area contributed by atoms with E-state index >= 15 is 0 Å². The maximum atomic E-state index is 13.2. The standard InChI is InChI=1S/C9H7F5N2O3S/c10-4-3(5(11)7(13)8(14)6(4)12)9(17)16-1-2-20(15,18)19/h1-2H2,(H,16,17)(H2,15,18,19). The highest BCUT2D eigenvalue weighted by Crippen LogP contribution is 2.22. The van der Waals surface area contributed by atoms with Gasteiger partial charge in [-0.05, 0) is 0 Å². The van der Waals surface area contributed by atoms with Gasteiger partial charge in [0.2, 0.25) is 15.8 Å². The highest BCUT2D eigenvalue weighted by atomic mass is 32.2. The summed E-state index contributed by atoms with van der Waals surface area (Å²) >= 11 is 0. The van der Waals surface area contributed by atoms with E-state index in [0.717, 1.165) is 0 Å². The van der Waals surface area contributed by atoms with Gasteiger partial charge >= 0.3 is 0 Å². The van der Waals surface area contributed by atoms with E-state index in [4.69, 9.17) is 0 Å². The van der Waals surface area contributed by atoms with E-state index in [1.54, 1.807) is 5.32 Å². The Morgan fingerprint density at radius 1 is 0.950 bits per heavy atom. The molecule has 1 aromatic rings. The van der Waals surface area contributed by atoms with Crippen LogP contribution in [-0.4, -0.2) is 26.6 Å². The summed E-state index contributed by atoms with van der Waals surface area (Å²) < 4.78 is 85.8. The van der Waals surface area contributed by atoms with Crippen LogP contribution < -0.4 is 10.5 Å². The lowest BCUT2D eigenvalue weighted by Gasteiger charge is -2.08. The molecule has 0 spiro atoms. The zero-order chi connectivity index (χ0) is 15.7. The van der Waals surface area contributed by atoms with Gasteiger partial charge in [0, 0.05) is 6.54 Å². The first kappa shape index (κ1) is 16.3. The molecule has 20 heavy (non-hydrogen) atoms. The first-order valence-electron chi connectivity index (χ1n) is 4.86. The SMILES string of the molecule is NS(=O)(=O)CCNC(=O)c1c(F)c(F)c(F)c(F)c1F. The van der Waals surface area contributed by atoms with Crippen molar-refractivity contribution in [3.05, 3.63) is 34.6 Å². The minimum Gasteiger partial charge on any atom is -0.351 e. The topological polar surface area (TPSA) is 89.3 Å². The molecule has 0 atom stereocenters. The Kier molecular flexibility index (Phi) is 4.65. The molecule has 3 N–H and O–H groups in total. The molecule has 1 rings (SSSR count). The van der Waals surface area contributed by atoms with Crippen LogP contribution in [0.4, 0.5) is 22.0 Å². The van der Waals surface area contributed by atoms with Crippen LogP contribution in [0.25, 0.3) is 0 Å². The Bertz CT molecular complexity index is 633. The average Bonchev–Trinajstić information content (AvgIpc) is 2.32. The zero-order valence-electron chi connectivity index (χ0n) is 9.51. The highest BCUT2D eigenvalue weighted by Gasteiger charge is 2.29. The number of hydrogen-bond acceptors (Lipinski definition) is 3. The van der Waals surface area contributed by atoms with Crippen LogP contribution in [-0.2, 0) is 10.0 Å². The van der Waals surface area contributed by atoms with Gasteiger partial charge in [-0.25, -0.2) is 35.5 Å². The molecule has 0 bridgehead atoms. The van der Waals surface area contributed by atoms with Crippen molar-refractivity contribution in [2.24, 2.45) is 5.14 Å². The summed E-state index contributed by atoms with van der Waals surface area (Å²) in [5.41, 5.74) is -1.70. The van der Waals surface area contributed by atoms with Gasteiger partial charge in [0.15, 0.2) is 23.3 Å². The molecule has 0 fully saturated rings. The number of rotatable bonds is 4. The fraction of sp³-hybridized carbons (Fsp3) is 0.222. The number of amides is 1. The second-order valence-corrected chi connectivity index (χ2v) is 5.30. The second kappa shape index (κ2) is 5.71. The van der Waals surface area contributed by atoms with Gasteiger partial charge in [0.05, 0.1) is 5.75 Å². The van der Waals surface area contributed by atoms with E-state index in [1.807, 2.05) is 0 Å². The lowest BCUT2D eigenvalue weighted by Crippen LogP contribution is -2.33. The van der Waals surface area contributed by atoms with E-state index in [2.05, 4.69) is 5.14 Å². The third-order valence-electron chi connectivity index (χ3n) is 2.11. The number of nitrogens with one attached hydrogen (secondary N) is 1. The van der Waals surface area contributed by atoms with E-state index in [0.29, 0.717) is 0 Å². The highest BCUT2D eigenvalue weighted by molar-refractivity contribution is 7.89. The monoisotopic (exact) mass is 318 g/mol. The van der Waals surface area contributed by atoms with Crippen molar-refractivity contribution in [3.63, 3.8) is 0 Å². The van der Waals surface area contributed by atoms with Crippen molar-refractivity contribution in [3.8, 4) is 0 Å². The molecule has 1 amide bonds. The minimum absolute atomic E-state index is 0.656. The fourth-order valence-corrected chi connectivity index (χ4v) is 1.59. The number of halogens is 5. The molecule has 0 aliphatic carbocycles. The number of primary sulfonamides is 1. The summed E-state index contributed by atoms with van der Waals surface area (Å²) in [5.74, 6) is -14.0. The average molecular weight is 318 g/mol. The molecule has 1 aromatic carbocycles. The molecular formula is C9H7F5N2O3S. The number of carbonyl (C=O) groups excluding carboxylic acids is 1. The lowest BCUT2D eigenvalue weighted by molar-refractivity contribution is 0.0944. The smallest absolute Gasteiger partial charge is 0.257 e. The number of nitrogens with two attached hydrogens (primary N) is 1. The first-order chi connectivity index (χ1) is 9.06. The van der Waals surface area contributed by atoms with Gasteiger partial charge in [-0.2, -0.15) is 0 Å². The Balaban J connectivity index is 3.06.